The highest BCUT2D eigenvalue weighted by atomic mass is 16.5. The van der Waals surface area contributed by atoms with Crippen molar-refractivity contribution in [2.75, 3.05) is 0 Å². The normalized spacial score (nSPS) is 12.6. The molecule has 0 saturated carbocycles. The van der Waals surface area contributed by atoms with Crippen molar-refractivity contribution >= 4 is 11.7 Å². The molecule has 0 spiro atoms. The molecule has 4 heteroatoms. The van der Waals surface area contributed by atoms with Crippen molar-refractivity contribution in [2.45, 2.75) is 5.41 Å². The van der Waals surface area contributed by atoms with Crippen molar-refractivity contribution < 1.29 is 4.74 Å². The Morgan fingerprint density at radius 3 is 1.57 bits per heavy atom. The van der Waals surface area contributed by atoms with Crippen molar-refractivity contribution in [1.29, 1.82) is 5.41 Å². The number of fused-ring (bicyclic) bond motifs is 1. The molecule has 4 nitrogen and oxygen atoms in total. The molecule has 0 saturated heterocycles. The summed E-state index contributed by atoms with van der Waals surface area (Å²) >= 11 is 0. The van der Waals surface area contributed by atoms with Crippen LogP contribution in [0.3, 0.4) is 0 Å². The number of amidine groups is 2. The summed E-state index contributed by atoms with van der Waals surface area (Å²) in [4.78, 5) is 4.10. The average molecular weight is 480 g/mol. The van der Waals surface area contributed by atoms with Gasteiger partial charge in [-0.2, -0.15) is 0 Å². The van der Waals surface area contributed by atoms with Crippen LogP contribution in [0.2, 0.25) is 0 Å². The van der Waals surface area contributed by atoms with Gasteiger partial charge in [0.15, 0.2) is 5.84 Å². The number of aliphatic imine (C=N–C) groups is 1. The Hall–Kier alpha value is -4.96. The second-order valence-corrected chi connectivity index (χ2v) is 9.00. The summed E-state index contributed by atoms with van der Waals surface area (Å²) in [6.07, 6.45) is 0. The Kier molecular flexibility index (Phi) is 5.62. The highest BCUT2D eigenvalue weighted by molar-refractivity contribution is 6.22. The summed E-state index contributed by atoms with van der Waals surface area (Å²) in [5.41, 5.74) is 11.6. The van der Waals surface area contributed by atoms with Gasteiger partial charge in [-0.25, -0.2) is 4.99 Å². The molecule has 0 bridgehead atoms. The fourth-order valence-electron chi connectivity index (χ4n) is 5.28. The van der Waals surface area contributed by atoms with E-state index in [1.54, 1.807) is 0 Å². The fourth-order valence-corrected chi connectivity index (χ4v) is 5.28. The number of rotatable bonds is 6. The van der Waals surface area contributed by atoms with Gasteiger partial charge in [-0.05, 0) is 40.5 Å². The lowest BCUT2D eigenvalue weighted by molar-refractivity contribution is 0.481. The molecule has 0 atom stereocenters. The van der Waals surface area contributed by atoms with Crippen molar-refractivity contribution in [3.05, 3.63) is 167 Å². The SMILES string of the molecule is N=C1N=C(N)c2c(Oc3ccc(C(c4ccccc4)(c4ccccc4)c4ccccc4)cc3)cccc21. The Labute approximate surface area is 216 Å². The first kappa shape index (κ1) is 22.5. The monoisotopic (exact) mass is 479 g/mol. The van der Waals surface area contributed by atoms with Crippen LogP contribution in [0.15, 0.2) is 138 Å². The summed E-state index contributed by atoms with van der Waals surface area (Å²) in [5, 5.41) is 8.06. The van der Waals surface area contributed by atoms with Crippen LogP contribution in [0.1, 0.15) is 33.4 Å². The molecule has 1 heterocycles. The van der Waals surface area contributed by atoms with Gasteiger partial charge in [-0.15, -0.1) is 0 Å². The molecule has 0 amide bonds. The van der Waals surface area contributed by atoms with Crippen LogP contribution in [0.5, 0.6) is 11.5 Å². The first-order chi connectivity index (χ1) is 18.2. The standard InChI is InChI=1S/C33H25N3O/c34-31-28-17-10-18-29(30(28)32(35)36-31)37-27-21-19-26(20-22-27)33(23-11-4-1-5-12-23,24-13-6-2-7-14-24)25-15-8-3-9-16-25/h1-22H,(H3,34,35,36). The largest absolute Gasteiger partial charge is 0.457 e. The predicted molar refractivity (Wildman–Crippen MR) is 149 cm³/mol. The molecule has 1 aliphatic heterocycles. The predicted octanol–water partition coefficient (Wildman–Crippen LogP) is 6.91. The highest BCUT2D eigenvalue weighted by Gasteiger charge is 2.38. The van der Waals surface area contributed by atoms with Crippen molar-refractivity contribution in [3.63, 3.8) is 0 Å². The van der Waals surface area contributed by atoms with Crippen molar-refractivity contribution in [2.24, 2.45) is 10.7 Å². The van der Waals surface area contributed by atoms with Crippen LogP contribution < -0.4 is 10.5 Å². The van der Waals surface area contributed by atoms with Gasteiger partial charge < -0.3 is 10.5 Å². The molecule has 0 fully saturated rings. The summed E-state index contributed by atoms with van der Waals surface area (Å²) in [5.74, 6) is 1.75. The second kappa shape index (κ2) is 9.25. The Balaban J connectivity index is 1.49. The third kappa shape index (κ3) is 3.80. The molecule has 0 aliphatic carbocycles. The van der Waals surface area contributed by atoms with Crippen LogP contribution in [-0.4, -0.2) is 11.7 Å². The van der Waals surface area contributed by atoms with E-state index in [0.29, 0.717) is 28.5 Å². The first-order valence-corrected chi connectivity index (χ1v) is 12.2. The lowest BCUT2D eigenvalue weighted by Gasteiger charge is -2.36. The molecule has 178 valence electrons. The summed E-state index contributed by atoms with van der Waals surface area (Å²) in [7, 11) is 0. The number of nitrogens with one attached hydrogen (secondary N) is 1. The van der Waals surface area contributed by atoms with Gasteiger partial charge in [0.1, 0.15) is 17.3 Å². The van der Waals surface area contributed by atoms with E-state index < -0.39 is 5.41 Å². The molecule has 0 aromatic heterocycles. The van der Waals surface area contributed by atoms with Crippen LogP contribution in [0.25, 0.3) is 0 Å². The minimum atomic E-state index is -0.511. The zero-order chi connectivity index (χ0) is 25.2. The van der Waals surface area contributed by atoms with Crippen molar-refractivity contribution in [3.8, 4) is 11.5 Å². The maximum atomic E-state index is 8.06. The Morgan fingerprint density at radius 2 is 1.05 bits per heavy atom. The van der Waals surface area contributed by atoms with Gasteiger partial charge in [-0.1, -0.05) is 115 Å². The van der Waals surface area contributed by atoms with Crippen molar-refractivity contribution in [1.82, 2.24) is 0 Å². The average Bonchev–Trinajstić information content (AvgIpc) is 3.26. The molecule has 1 aliphatic rings. The summed E-state index contributed by atoms with van der Waals surface area (Å²) < 4.78 is 6.27. The molecule has 0 unspecified atom stereocenters. The van der Waals surface area contributed by atoms with E-state index >= 15 is 0 Å². The first-order valence-electron chi connectivity index (χ1n) is 12.2. The van der Waals surface area contributed by atoms with Crippen LogP contribution in [0, 0.1) is 5.41 Å². The van der Waals surface area contributed by atoms with Gasteiger partial charge in [0.05, 0.1) is 11.0 Å². The number of hydrogen-bond acceptors (Lipinski definition) is 3. The van der Waals surface area contributed by atoms with Gasteiger partial charge in [0, 0.05) is 5.56 Å². The molecule has 6 rings (SSSR count). The molecule has 37 heavy (non-hydrogen) atoms. The molecule has 0 radical (unpaired) electrons. The summed E-state index contributed by atoms with van der Waals surface area (Å²) in [6.45, 7) is 0. The van der Waals surface area contributed by atoms with Gasteiger partial charge in [0.25, 0.3) is 0 Å². The lowest BCUT2D eigenvalue weighted by atomic mass is 9.65. The topological polar surface area (TPSA) is 71.5 Å². The highest BCUT2D eigenvalue weighted by Crippen LogP contribution is 2.45. The second-order valence-electron chi connectivity index (χ2n) is 9.00. The maximum Gasteiger partial charge on any atom is 0.155 e. The third-order valence-corrected chi connectivity index (χ3v) is 6.91. The Morgan fingerprint density at radius 1 is 0.568 bits per heavy atom. The van der Waals surface area contributed by atoms with E-state index in [-0.39, 0.29) is 5.84 Å². The minimum absolute atomic E-state index is 0.159. The van der Waals surface area contributed by atoms with Gasteiger partial charge >= 0.3 is 0 Å². The Bertz CT molecular complexity index is 1500. The van der Waals surface area contributed by atoms with E-state index in [2.05, 4.69) is 89.9 Å². The van der Waals surface area contributed by atoms with Crippen LogP contribution in [-0.2, 0) is 5.41 Å². The quantitative estimate of drug-likeness (QED) is 0.260. The fraction of sp³-hybridized carbons (Fsp3) is 0.0303. The zero-order valence-corrected chi connectivity index (χ0v) is 20.1. The molecular formula is C33H25N3O. The van der Waals surface area contributed by atoms with E-state index in [4.69, 9.17) is 15.9 Å². The zero-order valence-electron chi connectivity index (χ0n) is 20.1. The molecule has 3 N–H and O–H groups in total. The van der Waals surface area contributed by atoms with Crippen LogP contribution >= 0.6 is 0 Å². The van der Waals surface area contributed by atoms with E-state index in [1.165, 1.54) is 16.7 Å². The number of nitrogens with two attached hydrogens (primary N) is 1. The van der Waals surface area contributed by atoms with E-state index in [1.807, 2.05) is 48.5 Å². The molecule has 5 aromatic rings. The smallest absolute Gasteiger partial charge is 0.155 e. The van der Waals surface area contributed by atoms with Gasteiger partial charge in [-0.3, -0.25) is 5.41 Å². The van der Waals surface area contributed by atoms with Gasteiger partial charge in [0.2, 0.25) is 0 Å². The number of ether oxygens (including phenoxy) is 1. The number of hydrogen-bond donors (Lipinski definition) is 2. The maximum absolute atomic E-state index is 8.06. The third-order valence-electron chi connectivity index (χ3n) is 6.91. The van der Waals surface area contributed by atoms with E-state index in [9.17, 15) is 0 Å². The summed E-state index contributed by atoms with van der Waals surface area (Å²) in [6, 6.07) is 45.6. The molecule has 5 aromatic carbocycles. The lowest BCUT2D eigenvalue weighted by Crippen LogP contribution is -2.30. The van der Waals surface area contributed by atoms with Crippen LogP contribution in [0.4, 0.5) is 0 Å². The van der Waals surface area contributed by atoms with E-state index in [0.717, 1.165) is 5.56 Å². The minimum Gasteiger partial charge on any atom is -0.457 e. The molecular weight excluding hydrogens is 454 g/mol. The number of nitrogens with zero attached hydrogens (tertiary/aromatic N) is 1. The number of benzene rings is 5.